The van der Waals surface area contributed by atoms with Crippen molar-refractivity contribution in [2.24, 2.45) is 0 Å². The number of anilines is 1. The fourth-order valence-electron chi connectivity index (χ4n) is 2.39. The van der Waals surface area contributed by atoms with Crippen LogP contribution in [0.3, 0.4) is 0 Å². The van der Waals surface area contributed by atoms with Crippen LogP contribution in [0, 0.1) is 0 Å². The number of benzene rings is 1. The molecule has 6 nitrogen and oxygen atoms in total. The lowest BCUT2D eigenvalue weighted by Gasteiger charge is -2.17. The molecule has 2 N–H and O–H groups in total. The highest BCUT2D eigenvalue weighted by Gasteiger charge is 2.20. The van der Waals surface area contributed by atoms with E-state index in [1.165, 1.54) is 13.4 Å². The molecule has 0 spiro atoms. The lowest BCUT2D eigenvalue weighted by atomic mass is 10.1. The third-order valence-electron chi connectivity index (χ3n) is 3.41. The summed E-state index contributed by atoms with van der Waals surface area (Å²) in [5.41, 5.74) is 8.15. The van der Waals surface area contributed by atoms with Crippen molar-refractivity contribution in [1.82, 2.24) is 19.5 Å². The highest BCUT2D eigenvalue weighted by molar-refractivity contribution is 6.31. The van der Waals surface area contributed by atoms with Crippen molar-refractivity contribution in [1.29, 1.82) is 0 Å². The number of nitrogens with zero attached hydrogens (tertiary/aromatic N) is 4. The van der Waals surface area contributed by atoms with E-state index in [9.17, 15) is 0 Å². The molecule has 0 amide bonds. The van der Waals surface area contributed by atoms with E-state index >= 15 is 0 Å². The zero-order chi connectivity index (χ0) is 15.0. The average Bonchev–Trinajstić information content (AvgIpc) is 2.82. The molecule has 0 aliphatic heterocycles. The monoisotopic (exact) mass is 303 g/mol. The summed E-state index contributed by atoms with van der Waals surface area (Å²) in [7, 11) is 1.54. The summed E-state index contributed by atoms with van der Waals surface area (Å²) in [5, 5.41) is 0.673. The van der Waals surface area contributed by atoms with Crippen LogP contribution in [-0.2, 0) is 0 Å². The predicted molar refractivity (Wildman–Crippen MR) is 81.6 cm³/mol. The maximum atomic E-state index is 6.27. The zero-order valence-corrected chi connectivity index (χ0v) is 12.4. The van der Waals surface area contributed by atoms with Gasteiger partial charge in [-0.3, -0.25) is 4.57 Å². The molecule has 2 heterocycles. The zero-order valence-electron chi connectivity index (χ0n) is 11.6. The first-order valence-electron chi connectivity index (χ1n) is 6.40. The summed E-state index contributed by atoms with van der Waals surface area (Å²) in [5.74, 6) is 0.744. The number of rotatable bonds is 3. The minimum Gasteiger partial charge on any atom is -0.479 e. The SMILES string of the molecule is COc1ncnc2c1nc(N)n2C(C)c1ccccc1Cl. The molecular weight excluding hydrogens is 290 g/mol. The lowest BCUT2D eigenvalue weighted by molar-refractivity contribution is 0.401. The van der Waals surface area contributed by atoms with Crippen molar-refractivity contribution in [3.8, 4) is 5.88 Å². The van der Waals surface area contributed by atoms with Crippen molar-refractivity contribution >= 4 is 28.7 Å². The predicted octanol–water partition coefficient (Wildman–Crippen LogP) is 2.68. The van der Waals surface area contributed by atoms with Gasteiger partial charge in [0.15, 0.2) is 11.2 Å². The van der Waals surface area contributed by atoms with Crippen LogP contribution in [0.5, 0.6) is 5.88 Å². The summed E-state index contributed by atoms with van der Waals surface area (Å²) in [6.07, 6.45) is 1.43. The van der Waals surface area contributed by atoms with E-state index in [0.29, 0.717) is 28.0 Å². The molecule has 1 aromatic carbocycles. The van der Waals surface area contributed by atoms with Crippen LogP contribution in [0.25, 0.3) is 11.2 Å². The van der Waals surface area contributed by atoms with Gasteiger partial charge >= 0.3 is 0 Å². The fourth-order valence-corrected chi connectivity index (χ4v) is 2.68. The Hall–Kier alpha value is -2.34. The Morgan fingerprint density at radius 3 is 2.76 bits per heavy atom. The van der Waals surface area contributed by atoms with E-state index in [4.69, 9.17) is 22.1 Å². The van der Waals surface area contributed by atoms with E-state index in [-0.39, 0.29) is 6.04 Å². The molecule has 0 aliphatic carbocycles. The van der Waals surface area contributed by atoms with E-state index in [0.717, 1.165) is 5.56 Å². The quantitative estimate of drug-likeness (QED) is 0.804. The topological polar surface area (TPSA) is 78.8 Å². The molecule has 3 rings (SSSR count). The number of methoxy groups -OCH3 is 1. The molecule has 0 radical (unpaired) electrons. The second-order valence-corrected chi connectivity index (χ2v) is 5.00. The first-order chi connectivity index (χ1) is 10.1. The van der Waals surface area contributed by atoms with Gasteiger partial charge in [0.25, 0.3) is 0 Å². The fraction of sp³-hybridized carbons (Fsp3) is 0.214. The van der Waals surface area contributed by atoms with E-state index in [1.54, 1.807) is 0 Å². The first kappa shape index (κ1) is 13.6. The number of halogens is 1. The summed E-state index contributed by atoms with van der Waals surface area (Å²) in [6.45, 7) is 1.99. The normalized spacial score (nSPS) is 12.5. The molecule has 3 aromatic rings. The molecule has 108 valence electrons. The Kier molecular flexibility index (Phi) is 3.39. The maximum Gasteiger partial charge on any atom is 0.245 e. The lowest BCUT2D eigenvalue weighted by Crippen LogP contribution is -2.11. The number of nitrogens with two attached hydrogens (primary N) is 1. The minimum absolute atomic E-state index is 0.108. The van der Waals surface area contributed by atoms with Crippen LogP contribution in [0.1, 0.15) is 18.5 Å². The van der Waals surface area contributed by atoms with Gasteiger partial charge in [-0.25, -0.2) is 9.97 Å². The number of ether oxygens (including phenoxy) is 1. The van der Waals surface area contributed by atoms with Gasteiger partial charge in [-0.05, 0) is 18.6 Å². The van der Waals surface area contributed by atoms with Gasteiger partial charge in [-0.2, -0.15) is 4.98 Å². The number of imidazole rings is 1. The van der Waals surface area contributed by atoms with Crippen molar-refractivity contribution in [2.45, 2.75) is 13.0 Å². The molecule has 0 fully saturated rings. The molecule has 0 bridgehead atoms. The third kappa shape index (κ3) is 2.17. The van der Waals surface area contributed by atoms with Crippen LogP contribution >= 0.6 is 11.6 Å². The van der Waals surface area contributed by atoms with Gasteiger partial charge in [-0.15, -0.1) is 0 Å². The molecule has 1 unspecified atom stereocenters. The van der Waals surface area contributed by atoms with Gasteiger partial charge in [0, 0.05) is 5.02 Å². The second kappa shape index (κ2) is 5.21. The molecule has 2 aromatic heterocycles. The molecule has 21 heavy (non-hydrogen) atoms. The minimum atomic E-state index is -0.108. The largest absolute Gasteiger partial charge is 0.479 e. The van der Waals surface area contributed by atoms with Gasteiger partial charge in [0.05, 0.1) is 13.2 Å². The van der Waals surface area contributed by atoms with Crippen LogP contribution in [0.15, 0.2) is 30.6 Å². The van der Waals surface area contributed by atoms with Crippen molar-refractivity contribution in [2.75, 3.05) is 12.8 Å². The summed E-state index contributed by atoms with van der Waals surface area (Å²) in [4.78, 5) is 12.6. The van der Waals surface area contributed by atoms with Crippen molar-refractivity contribution in [3.63, 3.8) is 0 Å². The smallest absolute Gasteiger partial charge is 0.245 e. The molecule has 0 saturated heterocycles. The Bertz CT molecular complexity index is 801. The van der Waals surface area contributed by atoms with Gasteiger partial charge < -0.3 is 10.5 Å². The van der Waals surface area contributed by atoms with Crippen LogP contribution in [0.4, 0.5) is 5.95 Å². The highest BCUT2D eigenvalue weighted by atomic mass is 35.5. The van der Waals surface area contributed by atoms with Crippen LogP contribution in [-0.4, -0.2) is 26.6 Å². The van der Waals surface area contributed by atoms with Crippen molar-refractivity contribution in [3.05, 3.63) is 41.2 Å². The number of hydrogen-bond acceptors (Lipinski definition) is 5. The standard InChI is InChI=1S/C14H14ClN5O/c1-8(9-5-3-4-6-10(9)15)20-12-11(19-14(20)16)13(21-2)18-7-17-12/h3-8H,1-2H3,(H2,16,19). The summed E-state index contributed by atoms with van der Waals surface area (Å²) < 4.78 is 7.02. The molecular formula is C14H14ClN5O. The maximum absolute atomic E-state index is 6.27. The number of hydrogen-bond donors (Lipinski definition) is 1. The first-order valence-corrected chi connectivity index (χ1v) is 6.78. The average molecular weight is 304 g/mol. The summed E-state index contributed by atoms with van der Waals surface area (Å²) in [6, 6.07) is 7.51. The van der Waals surface area contributed by atoms with E-state index < -0.39 is 0 Å². The van der Waals surface area contributed by atoms with Gasteiger partial charge in [0.2, 0.25) is 11.8 Å². The molecule has 0 saturated carbocycles. The molecule has 1 atom stereocenters. The Morgan fingerprint density at radius 2 is 2.05 bits per heavy atom. The number of fused-ring (bicyclic) bond motifs is 1. The van der Waals surface area contributed by atoms with Crippen LogP contribution in [0.2, 0.25) is 5.02 Å². The van der Waals surface area contributed by atoms with Gasteiger partial charge in [-0.1, -0.05) is 29.8 Å². The Morgan fingerprint density at radius 1 is 1.29 bits per heavy atom. The van der Waals surface area contributed by atoms with Crippen molar-refractivity contribution < 1.29 is 4.74 Å². The number of nitrogen functional groups attached to an aromatic ring is 1. The molecule has 0 aliphatic rings. The summed E-state index contributed by atoms with van der Waals surface area (Å²) >= 11 is 6.27. The Labute approximate surface area is 126 Å². The highest BCUT2D eigenvalue weighted by Crippen LogP contribution is 2.32. The Balaban J connectivity index is 2.21. The molecule has 7 heteroatoms. The number of aromatic nitrogens is 4. The third-order valence-corrected chi connectivity index (χ3v) is 3.75. The second-order valence-electron chi connectivity index (χ2n) is 4.59. The van der Waals surface area contributed by atoms with Crippen LogP contribution < -0.4 is 10.5 Å². The van der Waals surface area contributed by atoms with E-state index in [1.807, 2.05) is 35.8 Å². The van der Waals surface area contributed by atoms with E-state index in [2.05, 4.69) is 15.0 Å². The van der Waals surface area contributed by atoms with Gasteiger partial charge in [0.1, 0.15) is 6.33 Å².